The lowest BCUT2D eigenvalue weighted by atomic mass is 9.88. The third-order valence-corrected chi connectivity index (χ3v) is 4.89. The molecule has 0 nitrogen and oxygen atoms in total. The van der Waals surface area contributed by atoms with Gasteiger partial charge in [-0.1, -0.05) is 84.3 Å². The van der Waals surface area contributed by atoms with E-state index in [1.807, 2.05) is 0 Å². The van der Waals surface area contributed by atoms with Gasteiger partial charge in [0.15, 0.2) is 0 Å². The van der Waals surface area contributed by atoms with Gasteiger partial charge in [0, 0.05) is 0 Å². The summed E-state index contributed by atoms with van der Waals surface area (Å²) in [6.07, 6.45) is 0. The Hall–Kier alpha value is -2.80. The van der Waals surface area contributed by atoms with Crippen molar-refractivity contribution in [2.45, 2.75) is 0 Å². The van der Waals surface area contributed by atoms with Crippen LogP contribution in [0.3, 0.4) is 0 Å². The van der Waals surface area contributed by atoms with Crippen LogP contribution in [0.1, 0.15) is 0 Å². The van der Waals surface area contributed by atoms with E-state index in [9.17, 15) is 0 Å². The molecule has 0 aromatic heterocycles. The van der Waals surface area contributed by atoms with Crippen LogP contribution in [0.15, 0.2) is 78.9 Å². The van der Waals surface area contributed by atoms with E-state index >= 15 is 0 Å². The third kappa shape index (κ3) is 1.80. The zero-order valence-electron chi connectivity index (χ0n) is 13.0. The van der Waals surface area contributed by atoms with Crippen LogP contribution in [0.5, 0.6) is 0 Å². The molecule has 0 heterocycles. The van der Waals surface area contributed by atoms with Crippen molar-refractivity contribution in [1.29, 1.82) is 0 Å². The second-order valence-corrected chi connectivity index (χ2v) is 6.34. The lowest BCUT2D eigenvalue weighted by Crippen LogP contribution is -1.99. The maximum atomic E-state index is 2.28. The second kappa shape index (κ2) is 4.60. The van der Waals surface area contributed by atoms with Crippen LogP contribution in [0.4, 0.5) is 0 Å². The Morgan fingerprint density at radius 1 is 0.522 bits per heavy atom. The van der Waals surface area contributed by atoms with Gasteiger partial charge >= 0.3 is 0 Å². The molecular weight excluding hydrogens is 275 g/mol. The Morgan fingerprint density at radius 2 is 1.13 bits per heavy atom. The van der Waals surface area contributed by atoms with E-state index < -0.39 is 0 Å². The van der Waals surface area contributed by atoms with E-state index in [1.165, 1.54) is 48.9 Å². The normalized spacial score (nSPS) is 11.7. The molecule has 0 fully saturated rings. The van der Waals surface area contributed by atoms with E-state index in [2.05, 4.69) is 86.7 Å². The molecule has 0 saturated carbocycles. The zero-order chi connectivity index (χ0) is 15.4. The maximum absolute atomic E-state index is 2.28. The predicted octanol–water partition coefficient (Wildman–Crippen LogP) is 4.51. The fourth-order valence-electron chi connectivity index (χ4n) is 3.72. The number of hydrogen-bond acceptors (Lipinski definition) is 0. The summed E-state index contributed by atoms with van der Waals surface area (Å²) in [6, 6.07) is 28.9. The summed E-state index contributed by atoms with van der Waals surface area (Å²) < 4.78 is 0. The molecule has 0 spiro atoms. The smallest absolute Gasteiger partial charge is 0.0889 e. The van der Waals surface area contributed by atoms with Gasteiger partial charge in [0.2, 0.25) is 0 Å². The monoisotopic (exact) mass is 290 g/mol. The van der Waals surface area contributed by atoms with Gasteiger partial charge in [-0.15, -0.1) is 0 Å². The van der Waals surface area contributed by atoms with Crippen LogP contribution in [-0.2, 0) is 0 Å². The van der Waals surface area contributed by atoms with E-state index in [4.69, 9.17) is 0 Å². The van der Waals surface area contributed by atoms with Gasteiger partial charge in [0.05, 0.1) is 0 Å². The quantitative estimate of drug-likeness (QED) is 0.315. The lowest BCUT2D eigenvalue weighted by molar-refractivity contribution is 1.69. The summed E-state index contributed by atoms with van der Waals surface area (Å²) >= 11 is 0. The van der Waals surface area contributed by atoms with E-state index in [0.29, 0.717) is 0 Å². The molecule has 0 saturated heterocycles. The summed E-state index contributed by atoms with van der Waals surface area (Å²) in [6.45, 7) is 0. The molecule has 5 aromatic rings. The van der Waals surface area contributed by atoms with Crippen LogP contribution in [0, 0.1) is 0 Å². The molecule has 0 aliphatic carbocycles. The Balaban J connectivity index is 1.96. The van der Waals surface area contributed by atoms with Crippen LogP contribution in [0.2, 0.25) is 0 Å². The molecule has 1 heteroatoms. The van der Waals surface area contributed by atoms with Crippen LogP contribution in [0.25, 0.3) is 43.4 Å². The average Bonchev–Trinajstić information content (AvgIpc) is 2.60. The minimum Gasteiger partial charge on any atom is -0.0889 e. The largest absolute Gasteiger partial charge is 0.139 e. The molecule has 5 rings (SSSR count). The summed E-state index contributed by atoms with van der Waals surface area (Å²) in [5.74, 6) is 0. The SMILES string of the molecule is Bc1ccc(-c2ccc3ccc4cccc5ccc2c3c45)cc1. The highest BCUT2D eigenvalue weighted by molar-refractivity contribution is 6.32. The van der Waals surface area contributed by atoms with E-state index in [1.54, 1.807) is 0 Å². The van der Waals surface area contributed by atoms with Crippen LogP contribution in [-0.4, -0.2) is 7.85 Å². The lowest BCUT2D eigenvalue weighted by Gasteiger charge is -2.14. The average molecular weight is 290 g/mol. The number of benzene rings is 5. The summed E-state index contributed by atoms with van der Waals surface area (Å²) in [5.41, 5.74) is 3.90. The van der Waals surface area contributed by atoms with Crippen molar-refractivity contribution in [3.63, 3.8) is 0 Å². The van der Waals surface area contributed by atoms with Gasteiger partial charge in [0.1, 0.15) is 7.85 Å². The molecule has 5 aromatic carbocycles. The van der Waals surface area contributed by atoms with Gasteiger partial charge in [-0.25, -0.2) is 0 Å². The number of rotatable bonds is 1. The predicted molar refractivity (Wildman–Crippen MR) is 104 cm³/mol. The van der Waals surface area contributed by atoms with Gasteiger partial charge in [-0.2, -0.15) is 0 Å². The summed E-state index contributed by atoms with van der Waals surface area (Å²) in [7, 11) is 2.13. The van der Waals surface area contributed by atoms with Crippen molar-refractivity contribution in [2.24, 2.45) is 0 Å². The van der Waals surface area contributed by atoms with Crippen molar-refractivity contribution in [1.82, 2.24) is 0 Å². The van der Waals surface area contributed by atoms with Gasteiger partial charge in [-0.05, 0) is 43.4 Å². The van der Waals surface area contributed by atoms with Crippen molar-refractivity contribution < 1.29 is 0 Å². The van der Waals surface area contributed by atoms with Crippen molar-refractivity contribution in [3.05, 3.63) is 78.9 Å². The standard InChI is InChI=1S/C22H15B/c23-18-10-6-14(7-11-18)19-12-8-17-5-4-15-2-1-3-16-9-13-20(19)22(17)21(15)16/h1-13H,23H2. The van der Waals surface area contributed by atoms with Crippen molar-refractivity contribution in [2.75, 3.05) is 0 Å². The first kappa shape index (κ1) is 12.7. The Morgan fingerprint density at radius 3 is 1.87 bits per heavy atom. The Labute approximate surface area is 136 Å². The van der Waals surface area contributed by atoms with Crippen LogP contribution < -0.4 is 5.46 Å². The van der Waals surface area contributed by atoms with Crippen LogP contribution >= 0.6 is 0 Å². The number of hydrogen-bond donors (Lipinski definition) is 0. The highest BCUT2D eigenvalue weighted by Gasteiger charge is 2.11. The minimum absolute atomic E-state index is 1.29. The Bertz CT molecular complexity index is 1140. The molecule has 0 amide bonds. The topological polar surface area (TPSA) is 0 Å². The van der Waals surface area contributed by atoms with E-state index in [-0.39, 0.29) is 0 Å². The maximum Gasteiger partial charge on any atom is 0.139 e. The fourth-order valence-corrected chi connectivity index (χ4v) is 3.72. The molecule has 0 bridgehead atoms. The van der Waals surface area contributed by atoms with Gasteiger partial charge in [0.25, 0.3) is 0 Å². The molecule has 0 aliphatic heterocycles. The molecule has 0 aliphatic rings. The molecule has 106 valence electrons. The first-order valence-electron chi connectivity index (χ1n) is 8.05. The zero-order valence-corrected chi connectivity index (χ0v) is 13.0. The Kier molecular flexibility index (Phi) is 2.54. The van der Waals surface area contributed by atoms with E-state index in [0.717, 1.165) is 0 Å². The first-order valence-corrected chi connectivity index (χ1v) is 8.05. The van der Waals surface area contributed by atoms with Gasteiger partial charge < -0.3 is 0 Å². The fraction of sp³-hybridized carbons (Fsp3) is 0. The molecular formula is C22H15B. The molecule has 0 N–H and O–H groups in total. The minimum atomic E-state index is 1.29. The van der Waals surface area contributed by atoms with Crippen molar-refractivity contribution >= 4 is 45.6 Å². The van der Waals surface area contributed by atoms with Crippen molar-refractivity contribution in [3.8, 4) is 11.1 Å². The highest BCUT2D eigenvalue weighted by Crippen LogP contribution is 2.38. The molecule has 0 unspecified atom stereocenters. The summed E-state index contributed by atoms with van der Waals surface area (Å²) in [5, 5.41) is 8.08. The molecule has 0 radical (unpaired) electrons. The molecule has 23 heavy (non-hydrogen) atoms. The van der Waals surface area contributed by atoms with Gasteiger partial charge in [-0.3, -0.25) is 0 Å². The first-order chi connectivity index (χ1) is 11.3. The molecule has 0 atom stereocenters. The summed E-state index contributed by atoms with van der Waals surface area (Å²) in [4.78, 5) is 0. The third-order valence-electron chi connectivity index (χ3n) is 4.89. The second-order valence-electron chi connectivity index (χ2n) is 6.34. The highest BCUT2D eigenvalue weighted by atomic mass is 14.1.